The van der Waals surface area contributed by atoms with E-state index in [1.807, 2.05) is 19.1 Å². The summed E-state index contributed by atoms with van der Waals surface area (Å²) in [5.41, 5.74) is 5.09. The summed E-state index contributed by atoms with van der Waals surface area (Å²) in [4.78, 5) is 37.5. The Morgan fingerprint density at radius 1 is 0.784 bits per heavy atom. The highest BCUT2D eigenvalue weighted by Gasteiger charge is 2.14. The lowest BCUT2D eigenvalue weighted by Gasteiger charge is -2.09. The lowest BCUT2D eigenvalue weighted by atomic mass is 10.1. The molecule has 5 rings (SSSR count). The van der Waals surface area contributed by atoms with Crippen LogP contribution >= 0.6 is 22.7 Å². The number of nitrogens with zero attached hydrogens (tertiary/aromatic N) is 3. The standard InChI is InChI=1S/C28H17N3O4S2/c1-2-3-19-14-36-15-22(19)28-5-4-27(37-28)18-6-8-29-23(10-18)25-12-21(35-17-33)13-26(31-25)24-11-20(34-16-32)7-9-30-24/h4-17H,1H3. The minimum Gasteiger partial charge on any atom is -0.429 e. The monoisotopic (exact) mass is 523 g/mol. The van der Waals surface area contributed by atoms with Crippen molar-refractivity contribution in [2.45, 2.75) is 6.92 Å². The summed E-state index contributed by atoms with van der Waals surface area (Å²) in [6.07, 6.45) is 3.22. The first-order chi connectivity index (χ1) is 18.2. The molecule has 0 saturated heterocycles. The van der Waals surface area contributed by atoms with Crippen molar-refractivity contribution in [3.63, 3.8) is 0 Å². The molecule has 0 amide bonds. The summed E-state index contributed by atoms with van der Waals surface area (Å²) in [6, 6.07) is 14.4. The first-order valence-electron chi connectivity index (χ1n) is 10.9. The van der Waals surface area contributed by atoms with E-state index in [4.69, 9.17) is 14.5 Å². The zero-order valence-electron chi connectivity index (χ0n) is 19.4. The van der Waals surface area contributed by atoms with Gasteiger partial charge in [-0.15, -0.1) is 17.3 Å². The molecule has 0 radical (unpaired) electrons. The zero-order chi connectivity index (χ0) is 25.6. The molecular formula is C28H17N3O4S2. The summed E-state index contributed by atoms with van der Waals surface area (Å²) in [5.74, 6) is 6.73. The smallest absolute Gasteiger partial charge is 0.298 e. The minimum absolute atomic E-state index is 0.283. The molecule has 0 atom stereocenters. The van der Waals surface area contributed by atoms with Crippen molar-refractivity contribution in [3.05, 3.63) is 77.2 Å². The van der Waals surface area contributed by atoms with Gasteiger partial charge >= 0.3 is 0 Å². The number of aromatic nitrogens is 3. The molecule has 0 N–H and O–H groups in total. The average Bonchev–Trinajstić information content (AvgIpc) is 3.59. The van der Waals surface area contributed by atoms with Crippen molar-refractivity contribution in [1.82, 2.24) is 15.0 Å². The maximum Gasteiger partial charge on any atom is 0.298 e. The molecule has 5 aromatic heterocycles. The fourth-order valence-electron chi connectivity index (χ4n) is 3.65. The summed E-state index contributed by atoms with van der Waals surface area (Å²) < 4.78 is 10.0. The van der Waals surface area contributed by atoms with E-state index in [1.165, 1.54) is 6.20 Å². The fraction of sp³-hybridized carbons (Fsp3) is 0.0357. The second-order valence-corrected chi connectivity index (χ2v) is 9.37. The summed E-state index contributed by atoms with van der Waals surface area (Å²) in [7, 11) is 0. The molecule has 0 aliphatic heterocycles. The van der Waals surface area contributed by atoms with Gasteiger partial charge in [-0.1, -0.05) is 5.92 Å². The Balaban J connectivity index is 1.53. The minimum atomic E-state index is 0.283. The third kappa shape index (κ3) is 5.30. The normalized spacial score (nSPS) is 10.3. The van der Waals surface area contributed by atoms with Crippen LogP contribution in [0.4, 0.5) is 0 Å². The molecule has 5 aromatic rings. The van der Waals surface area contributed by atoms with E-state index in [-0.39, 0.29) is 5.75 Å². The lowest BCUT2D eigenvalue weighted by molar-refractivity contribution is -0.121. The molecule has 9 heteroatoms. The van der Waals surface area contributed by atoms with Crippen LogP contribution in [0.3, 0.4) is 0 Å². The second-order valence-electron chi connectivity index (χ2n) is 7.55. The second kappa shape index (κ2) is 11.0. The topological polar surface area (TPSA) is 91.3 Å². The van der Waals surface area contributed by atoms with E-state index in [2.05, 4.69) is 44.7 Å². The van der Waals surface area contributed by atoms with Crippen molar-refractivity contribution >= 4 is 35.6 Å². The number of pyridine rings is 3. The number of carbonyl (C=O) groups is 2. The van der Waals surface area contributed by atoms with Gasteiger partial charge in [0.15, 0.2) is 0 Å². The van der Waals surface area contributed by atoms with Gasteiger partial charge in [0.2, 0.25) is 0 Å². The number of carbonyl (C=O) groups excluding carboxylic acids is 2. The van der Waals surface area contributed by atoms with E-state index >= 15 is 0 Å². The van der Waals surface area contributed by atoms with E-state index in [0.29, 0.717) is 41.5 Å². The number of ether oxygens (including phenoxy) is 2. The van der Waals surface area contributed by atoms with Crippen LogP contribution in [0.5, 0.6) is 11.5 Å². The van der Waals surface area contributed by atoms with Crippen LogP contribution < -0.4 is 9.47 Å². The van der Waals surface area contributed by atoms with Crippen molar-refractivity contribution < 1.29 is 19.1 Å². The first-order valence-corrected chi connectivity index (χ1v) is 12.7. The predicted octanol–water partition coefficient (Wildman–Crippen LogP) is 6.10. The van der Waals surface area contributed by atoms with Gasteiger partial charge in [-0.05, 0) is 42.8 Å². The lowest BCUT2D eigenvalue weighted by Crippen LogP contribution is -1.97. The molecule has 0 fully saturated rings. The molecule has 7 nitrogen and oxygen atoms in total. The van der Waals surface area contributed by atoms with E-state index < -0.39 is 0 Å². The van der Waals surface area contributed by atoms with Crippen molar-refractivity contribution in [3.8, 4) is 67.0 Å². The van der Waals surface area contributed by atoms with Crippen LogP contribution in [0.25, 0.3) is 43.7 Å². The largest absolute Gasteiger partial charge is 0.429 e. The Morgan fingerprint density at radius 3 is 2.22 bits per heavy atom. The molecular weight excluding hydrogens is 506 g/mol. The zero-order valence-corrected chi connectivity index (χ0v) is 21.0. The summed E-state index contributed by atoms with van der Waals surface area (Å²) in [6.45, 7) is 2.52. The molecule has 180 valence electrons. The van der Waals surface area contributed by atoms with Gasteiger partial charge in [-0.2, -0.15) is 11.3 Å². The maximum atomic E-state index is 11.1. The summed E-state index contributed by atoms with van der Waals surface area (Å²) in [5, 5.41) is 4.17. The molecule has 37 heavy (non-hydrogen) atoms. The highest BCUT2D eigenvalue weighted by atomic mass is 32.1. The Bertz CT molecular complexity index is 1660. The summed E-state index contributed by atoms with van der Waals surface area (Å²) >= 11 is 3.31. The number of thiophene rings is 2. The third-order valence-corrected chi connectivity index (χ3v) is 7.17. The SMILES string of the molecule is CC#Cc1cscc1-c1ccc(-c2ccnc(-c3cc(OC=O)cc(-c4cc(OC=O)ccn4)n3)c2)s1. The number of hydrogen-bond acceptors (Lipinski definition) is 9. The van der Waals surface area contributed by atoms with Crippen molar-refractivity contribution in [2.75, 3.05) is 0 Å². The highest BCUT2D eigenvalue weighted by molar-refractivity contribution is 7.19. The fourth-order valence-corrected chi connectivity index (χ4v) is 5.54. The van der Waals surface area contributed by atoms with E-state index in [9.17, 15) is 9.59 Å². The Morgan fingerprint density at radius 2 is 1.46 bits per heavy atom. The van der Waals surface area contributed by atoms with E-state index in [0.717, 1.165) is 26.4 Å². The molecule has 0 bridgehead atoms. The van der Waals surface area contributed by atoms with Gasteiger partial charge in [0.1, 0.15) is 11.5 Å². The Kier molecular flexibility index (Phi) is 7.12. The van der Waals surface area contributed by atoms with E-state index in [1.54, 1.807) is 53.1 Å². The van der Waals surface area contributed by atoms with Crippen molar-refractivity contribution in [1.29, 1.82) is 0 Å². The quantitative estimate of drug-likeness (QED) is 0.179. The van der Waals surface area contributed by atoms with Gasteiger partial charge < -0.3 is 9.47 Å². The first kappa shape index (κ1) is 24.1. The van der Waals surface area contributed by atoms with Gasteiger partial charge in [-0.3, -0.25) is 19.6 Å². The van der Waals surface area contributed by atoms with Crippen LogP contribution in [0.15, 0.2) is 71.7 Å². The van der Waals surface area contributed by atoms with Crippen LogP contribution in [-0.2, 0) is 9.59 Å². The van der Waals surface area contributed by atoms with Gasteiger partial charge in [0.25, 0.3) is 12.9 Å². The third-order valence-electron chi connectivity index (χ3n) is 5.26. The van der Waals surface area contributed by atoms with Crippen LogP contribution in [0.2, 0.25) is 0 Å². The van der Waals surface area contributed by atoms with Gasteiger partial charge in [-0.25, -0.2) is 4.98 Å². The molecule has 0 aromatic carbocycles. The molecule has 0 saturated carbocycles. The van der Waals surface area contributed by atoms with Crippen molar-refractivity contribution in [2.24, 2.45) is 0 Å². The molecule has 0 spiro atoms. The maximum absolute atomic E-state index is 11.1. The molecule has 0 aliphatic rings. The Labute approximate surface area is 220 Å². The highest BCUT2D eigenvalue weighted by Crippen LogP contribution is 2.38. The Hall–Kier alpha value is -4.65. The number of hydrogen-bond donors (Lipinski definition) is 0. The van der Waals surface area contributed by atoms with Crippen LogP contribution in [-0.4, -0.2) is 27.9 Å². The number of rotatable bonds is 8. The van der Waals surface area contributed by atoms with Gasteiger partial charge in [0.05, 0.1) is 22.8 Å². The average molecular weight is 524 g/mol. The molecule has 5 heterocycles. The molecule has 0 aliphatic carbocycles. The molecule has 0 unspecified atom stereocenters. The predicted molar refractivity (Wildman–Crippen MR) is 143 cm³/mol. The van der Waals surface area contributed by atoms with Crippen LogP contribution in [0, 0.1) is 11.8 Å². The van der Waals surface area contributed by atoms with Gasteiger partial charge in [0, 0.05) is 62.2 Å². The van der Waals surface area contributed by atoms with Crippen LogP contribution in [0.1, 0.15) is 12.5 Å².